The van der Waals surface area contributed by atoms with E-state index in [1.165, 1.54) is 0 Å². The van der Waals surface area contributed by atoms with E-state index in [-0.39, 0.29) is 0 Å². The molecule has 16 heavy (non-hydrogen) atoms. The van der Waals surface area contributed by atoms with E-state index in [9.17, 15) is 0 Å². The van der Waals surface area contributed by atoms with Crippen LogP contribution in [-0.4, -0.2) is 17.1 Å². The lowest BCUT2D eigenvalue weighted by molar-refractivity contribution is 0.412. The summed E-state index contributed by atoms with van der Waals surface area (Å²) in [4.78, 5) is 8.15. The third-order valence-corrected chi connectivity index (χ3v) is 2.34. The zero-order chi connectivity index (χ0) is 11.4. The van der Waals surface area contributed by atoms with Gasteiger partial charge >= 0.3 is 0 Å². The Hall–Kier alpha value is -2.10. The van der Waals surface area contributed by atoms with Gasteiger partial charge in [0.05, 0.1) is 13.3 Å². The van der Waals surface area contributed by atoms with Crippen molar-refractivity contribution in [3.05, 3.63) is 48.0 Å². The number of aromatic nitrogens is 2. The molecule has 2 aromatic rings. The summed E-state index contributed by atoms with van der Waals surface area (Å²) in [6.07, 6.45) is 7.65. The van der Waals surface area contributed by atoms with Crippen molar-refractivity contribution in [2.45, 2.75) is 6.42 Å². The van der Waals surface area contributed by atoms with Gasteiger partial charge < -0.3 is 10.5 Å². The molecule has 0 aliphatic heterocycles. The maximum atomic E-state index is 5.85. The summed E-state index contributed by atoms with van der Waals surface area (Å²) in [5.41, 5.74) is 8.65. The molecule has 0 bridgehead atoms. The van der Waals surface area contributed by atoms with Crippen LogP contribution < -0.4 is 10.5 Å². The topological polar surface area (TPSA) is 61.0 Å². The van der Waals surface area contributed by atoms with Gasteiger partial charge in [0.25, 0.3) is 0 Å². The average Bonchev–Trinajstić information content (AvgIpc) is 2.32. The van der Waals surface area contributed by atoms with Gasteiger partial charge in [0.1, 0.15) is 5.75 Å². The first kappa shape index (κ1) is 10.4. The monoisotopic (exact) mass is 215 g/mol. The summed E-state index contributed by atoms with van der Waals surface area (Å²) >= 11 is 0. The summed E-state index contributed by atoms with van der Waals surface area (Å²) in [7, 11) is 1.62. The molecular weight excluding hydrogens is 202 g/mol. The Balaban J connectivity index is 2.24. The molecule has 0 amide bonds. The number of nitrogens with two attached hydrogens (primary N) is 1. The SMILES string of the molecule is COc1cncc(Cc2cnccc2N)c1. The molecule has 0 fully saturated rings. The Bertz CT molecular complexity index is 485. The Morgan fingerprint density at radius 2 is 2.12 bits per heavy atom. The van der Waals surface area contributed by atoms with E-state index in [2.05, 4.69) is 9.97 Å². The molecule has 0 aliphatic carbocycles. The van der Waals surface area contributed by atoms with Gasteiger partial charge in [-0.2, -0.15) is 0 Å². The lowest BCUT2D eigenvalue weighted by Gasteiger charge is -2.05. The van der Waals surface area contributed by atoms with Crippen molar-refractivity contribution in [3.63, 3.8) is 0 Å². The van der Waals surface area contributed by atoms with Crippen molar-refractivity contribution in [2.75, 3.05) is 12.8 Å². The Morgan fingerprint density at radius 1 is 1.25 bits per heavy atom. The van der Waals surface area contributed by atoms with E-state index in [1.54, 1.807) is 38.0 Å². The minimum Gasteiger partial charge on any atom is -0.495 e. The highest BCUT2D eigenvalue weighted by Gasteiger charge is 2.02. The number of ether oxygens (including phenoxy) is 1. The standard InChI is InChI=1S/C12H13N3O/c1-16-11-5-9(6-15-8-11)4-10-7-14-3-2-12(10)13/h2-3,5-8H,4H2,1H3,(H2,13,14). The average molecular weight is 215 g/mol. The van der Waals surface area contributed by atoms with Crippen LogP contribution in [0, 0.1) is 0 Å². The summed E-state index contributed by atoms with van der Waals surface area (Å²) in [6.45, 7) is 0. The highest BCUT2D eigenvalue weighted by atomic mass is 16.5. The molecule has 0 spiro atoms. The molecule has 0 radical (unpaired) electrons. The number of methoxy groups -OCH3 is 1. The van der Waals surface area contributed by atoms with Gasteiger partial charge in [-0.25, -0.2) is 0 Å². The fraction of sp³-hybridized carbons (Fsp3) is 0.167. The van der Waals surface area contributed by atoms with Crippen molar-refractivity contribution in [3.8, 4) is 5.75 Å². The summed E-state index contributed by atoms with van der Waals surface area (Å²) < 4.78 is 5.11. The van der Waals surface area contributed by atoms with E-state index in [0.29, 0.717) is 6.42 Å². The molecule has 2 heterocycles. The summed E-state index contributed by atoms with van der Waals surface area (Å²) in [5, 5.41) is 0. The number of nitrogens with zero attached hydrogens (tertiary/aromatic N) is 2. The molecule has 4 heteroatoms. The number of hydrogen-bond acceptors (Lipinski definition) is 4. The highest BCUT2D eigenvalue weighted by molar-refractivity contribution is 5.46. The molecule has 2 rings (SSSR count). The third kappa shape index (κ3) is 2.28. The molecule has 2 N–H and O–H groups in total. The molecule has 0 unspecified atom stereocenters. The first-order chi connectivity index (χ1) is 7.79. The zero-order valence-corrected chi connectivity index (χ0v) is 9.05. The molecular formula is C12H13N3O. The molecule has 2 aromatic heterocycles. The quantitative estimate of drug-likeness (QED) is 0.845. The molecule has 82 valence electrons. The minimum atomic E-state index is 0.712. The molecule has 0 saturated heterocycles. The van der Waals surface area contributed by atoms with Crippen LogP contribution >= 0.6 is 0 Å². The maximum absolute atomic E-state index is 5.85. The minimum absolute atomic E-state index is 0.712. The number of hydrogen-bond donors (Lipinski definition) is 1. The normalized spacial score (nSPS) is 10.1. The molecule has 0 saturated carbocycles. The van der Waals surface area contributed by atoms with Crippen LogP contribution in [0.15, 0.2) is 36.9 Å². The fourth-order valence-corrected chi connectivity index (χ4v) is 1.48. The Kier molecular flexibility index (Phi) is 3.00. The van der Waals surface area contributed by atoms with E-state index in [4.69, 9.17) is 10.5 Å². The second-order valence-electron chi connectivity index (χ2n) is 3.48. The first-order valence-corrected chi connectivity index (χ1v) is 4.96. The van der Waals surface area contributed by atoms with Crippen LogP contribution in [0.5, 0.6) is 5.75 Å². The number of rotatable bonds is 3. The van der Waals surface area contributed by atoms with Crippen LogP contribution in [-0.2, 0) is 6.42 Å². The van der Waals surface area contributed by atoms with Gasteiger partial charge in [-0.1, -0.05) is 0 Å². The first-order valence-electron chi connectivity index (χ1n) is 4.96. The summed E-state index contributed by atoms with van der Waals surface area (Å²) in [5.74, 6) is 0.750. The maximum Gasteiger partial charge on any atom is 0.137 e. The van der Waals surface area contributed by atoms with Crippen molar-refractivity contribution in [1.29, 1.82) is 0 Å². The van der Waals surface area contributed by atoms with E-state index in [0.717, 1.165) is 22.6 Å². The molecule has 4 nitrogen and oxygen atoms in total. The van der Waals surface area contributed by atoms with Gasteiger partial charge in [0, 0.05) is 30.7 Å². The molecule has 0 atom stereocenters. The van der Waals surface area contributed by atoms with Gasteiger partial charge in [0.2, 0.25) is 0 Å². The van der Waals surface area contributed by atoms with Gasteiger partial charge in [0.15, 0.2) is 0 Å². The number of pyridine rings is 2. The van der Waals surface area contributed by atoms with Gasteiger partial charge in [-0.05, 0) is 23.3 Å². The van der Waals surface area contributed by atoms with E-state index < -0.39 is 0 Å². The van der Waals surface area contributed by atoms with Crippen LogP contribution in [0.3, 0.4) is 0 Å². The zero-order valence-electron chi connectivity index (χ0n) is 9.05. The van der Waals surface area contributed by atoms with Gasteiger partial charge in [-0.15, -0.1) is 0 Å². The lowest BCUT2D eigenvalue weighted by Crippen LogP contribution is -1.97. The second-order valence-corrected chi connectivity index (χ2v) is 3.48. The third-order valence-electron chi connectivity index (χ3n) is 2.34. The lowest BCUT2D eigenvalue weighted by atomic mass is 10.1. The van der Waals surface area contributed by atoms with Crippen LogP contribution in [0.25, 0.3) is 0 Å². The number of anilines is 1. The van der Waals surface area contributed by atoms with Crippen LogP contribution in [0.4, 0.5) is 5.69 Å². The van der Waals surface area contributed by atoms with Crippen molar-refractivity contribution in [1.82, 2.24) is 9.97 Å². The largest absolute Gasteiger partial charge is 0.495 e. The molecule has 0 aromatic carbocycles. The van der Waals surface area contributed by atoms with E-state index >= 15 is 0 Å². The van der Waals surface area contributed by atoms with Crippen LogP contribution in [0.1, 0.15) is 11.1 Å². The smallest absolute Gasteiger partial charge is 0.137 e. The van der Waals surface area contributed by atoms with Crippen molar-refractivity contribution in [2.24, 2.45) is 0 Å². The predicted octanol–water partition coefficient (Wildman–Crippen LogP) is 1.66. The van der Waals surface area contributed by atoms with Crippen molar-refractivity contribution < 1.29 is 4.74 Å². The Morgan fingerprint density at radius 3 is 2.88 bits per heavy atom. The summed E-state index contributed by atoms with van der Waals surface area (Å²) in [6, 6.07) is 3.74. The Labute approximate surface area is 94.1 Å². The highest BCUT2D eigenvalue weighted by Crippen LogP contribution is 2.17. The van der Waals surface area contributed by atoms with Gasteiger partial charge in [-0.3, -0.25) is 9.97 Å². The fourth-order valence-electron chi connectivity index (χ4n) is 1.48. The van der Waals surface area contributed by atoms with Crippen molar-refractivity contribution >= 4 is 5.69 Å². The second kappa shape index (κ2) is 4.61. The van der Waals surface area contributed by atoms with E-state index in [1.807, 2.05) is 6.07 Å². The number of nitrogen functional groups attached to an aromatic ring is 1. The van der Waals surface area contributed by atoms with Crippen LogP contribution in [0.2, 0.25) is 0 Å². The predicted molar refractivity (Wildman–Crippen MR) is 62.2 cm³/mol. The molecule has 0 aliphatic rings.